The van der Waals surface area contributed by atoms with Gasteiger partial charge < -0.3 is 14.8 Å². The van der Waals surface area contributed by atoms with Crippen LogP contribution in [0, 0.1) is 10.1 Å². The Morgan fingerprint density at radius 1 is 0.775 bits per heavy atom. The van der Waals surface area contributed by atoms with E-state index >= 15 is 0 Å². The van der Waals surface area contributed by atoms with E-state index < -0.39 is 41.8 Å². The van der Waals surface area contributed by atoms with Crippen molar-refractivity contribution < 1.29 is 38.4 Å². The average Bonchev–Trinajstić information content (AvgIpc) is 2.97. The molecule has 0 aliphatic carbocycles. The number of Topliss-reactive ketones (excluding diaryl/α,β-unsaturated/α-hetero) is 2. The van der Waals surface area contributed by atoms with Gasteiger partial charge in [-0.15, -0.1) is 0 Å². The van der Waals surface area contributed by atoms with Crippen LogP contribution < -0.4 is 5.32 Å². The van der Waals surface area contributed by atoms with Gasteiger partial charge in [0.25, 0.3) is 5.69 Å². The Labute approximate surface area is 229 Å². The minimum Gasteiger partial charge on any atom is -0.457 e. The number of amides is 1. The summed E-state index contributed by atoms with van der Waals surface area (Å²) in [5.41, 5.74) is 1.77. The second kappa shape index (κ2) is 14.1. The van der Waals surface area contributed by atoms with Crippen molar-refractivity contribution in [1.29, 1.82) is 0 Å². The molecular formula is C29H26N2O9. The van der Waals surface area contributed by atoms with E-state index in [0.29, 0.717) is 11.3 Å². The highest BCUT2D eigenvalue weighted by molar-refractivity contribution is 6.00. The summed E-state index contributed by atoms with van der Waals surface area (Å²) in [5, 5.41) is 13.4. The molecular weight excluding hydrogens is 520 g/mol. The van der Waals surface area contributed by atoms with E-state index in [9.17, 15) is 34.1 Å². The molecule has 0 heterocycles. The molecule has 0 unspecified atom stereocenters. The van der Waals surface area contributed by atoms with Crippen LogP contribution in [0.25, 0.3) is 0 Å². The first-order chi connectivity index (χ1) is 19.2. The molecule has 0 radical (unpaired) electrons. The first-order valence-corrected chi connectivity index (χ1v) is 12.3. The number of aryl methyl sites for hydroxylation is 1. The molecule has 0 aromatic heterocycles. The Hall–Kier alpha value is -5.19. The summed E-state index contributed by atoms with van der Waals surface area (Å²) >= 11 is 0. The minimum absolute atomic E-state index is 0.0391. The van der Waals surface area contributed by atoms with Crippen molar-refractivity contribution in [1.82, 2.24) is 0 Å². The SMILES string of the molecule is CCc1ccc(C(=O)COC(=O)CCC(=O)Nc2ccc(C(=O)OCC(=O)c3cccc([N+](=O)[O-])c3)cc2)cc1. The van der Waals surface area contributed by atoms with Crippen LogP contribution in [-0.4, -0.2) is 47.5 Å². The minimum atomic E-state index is -0.796. The number of hydrogen-bond donors (Lipinski definition) is 1. The number of rotatable bonds is 13. The van der Waals surface area contributed by atoms with Crippen molar-refractivity contribution in [3.8, 4) is 0 Å². The molecule has 1 N–H and O–H groups in total. The standard InChI is InChI=1S/C29H26N2O9/c1-2-19-6-8-20(9-7-19)25(32)17-39-28(35)15-14-27(34)30-23-12-10-21(11-13-23)29(36)40-18-26(33)22-4-3-5-24(16-22)31(37)38/h3-13,16H,2,14-15,17-18H2,1H3,(H,30,34). The molecule has 0 aliphatic heterocycles. The van der Waals surface area contributed by atoms with Gasteiger partial charge in [-0.1, -0.05) is 43.3 Å². The van der Waals surface area contributed by atoms with Crippen LogP contribution in [0.1, 0.15) is 56.4 Å². The number of carbonyl (C=O) groups excluding carboxylic acids is 5. The zero-order valence-corrected chi connectivity index (χ0v) is 21.6. The number of non-ortho nitro benzene ring substituents is 1. The summed E-state index contributed by atoms with van der Waals surface area (Å²) in [6, 6.07) is 17.7. The van der Waals surface area contributed by atoms with Gasteiger partial charge >= 0.3 is 11.9 Å². The maximum atomic E-state index is 12.2. The number of ether oxygens (including phenoxy) is 2. The second-order valence-corrected chi connectivity index (χ2v) is 8.57. The highest BCUT2D eigenvalue weighted by Crippen LogP contribution is 2.15. The molecule has 0 fully saturated rings. The monoisotopic (exact) mass is 546 g/mol. The molecule has 0 spiro atoms. The lowest BCUT2D eigenvalue weighted by Crippen LogP contribution is -2.17. The largest absolute Gasteiger partial charge is 0.457 e. The first kappa shape index (κ1) is 29.4. The zero-order chi connectivity index (χ0) is 29.1. The maximum absolute atomic E-state index is 12.2. The molecule has 40 heavy (non-hydrogen) atoms. The van der Waals surface area contributed by atoms with E-state index in [1.807, 2.05) is 19.1 Å². The highest BCUT2D eigenvalue weighted by atomic mass is 16.6. The predicted octanol–water partition coefficient (Wildman–Crippen LogP) is 4.34. The summed E-state index contributed by atoms with van der Waals surface area (Å²) in [7, 11) is 0. The Kier molecular flexibility index (Phi) is 10.4. The van der Waals surface area contributed by atoms with Crippen LogP contribution in [0.2, 0.25) is 0 Å². The van der Waals surface area contributed by atoms with Gasteiger partial charge in [0.15, 0.2) is 19.0 Å². The molecule has 206 valence electrons. The Morgan fingerprint density at radius 3 is 2.05 bits per heavy atom. The van der Waals surface area contributed by atoms with Crippen molar-refractivity contribution in [2.75, 3.05) is 18.5 Å². The summed E-state index contributed by atoms with van der Waals surface area (Å²) in [5.74, 6) is -2.90. The lowest BCUT2D eigenvalue weighted by Gasteiger charge is -2.08. The third-order valence-electron chi connectivity index (χ3n) is 5.72. The Morgan fingerprint density at radius 2 is 1.40 bits per heavy atom. The predicted molar refractivity (Wildman–Crippen MR) is 143 cm³/mol. The van der Waals surface area contributed by atoms with E-state index in [4.69, 9.17) is 9.47 Å². The molecule has 1 amide bonds. The summed E-state index contributed by atoms with van der Waals surface area (Å²) in [6.45, 7) is 0.978. The number of benzene rings is 3. The van der Waals surface area contributed by atoms with Crippen molar-refractivity contribution in [2.45, 2.75) is 26.2 Å². The van der Waals surface area contributed by atoms with Crippen molar-refractivity contribution in [2.24, 2.45) is 0 Å². The zero-order valence-electron chi connectivity index (χ0n) is 21.6. The number of hydrogen-bond acceptors (Lipinski definition) is 9. The molecule has 3 aromatic carbocycles. The van der Waals surface area contributed by atoms with Crippen LogP contribution in [-0.2, 0) is 25.5 Å². The van der Waals surface area contributed by atoms with E-state index in [0.717, 1.165) is 18.1 Å². The second-order valence-electron chi connectivity index (χ2n) is 8.57. The number of esters is 2. The van der Waals surface area contributed by atoms with E-state index in [2.05, 4.69) is 5.32 Å². The van der Waals surface area contributed by atoms with Gasteiger partial charge in [0.05, 0.1) is 16.9 Å². The van der Waals surface area contributed by atoms with Crippen LogP contribution in [0.15, 0.2) is 72.8 Å². The molecule has 0 saturated carbocycles. The molecule has 0 atom stereocenters. The number of nitro benzene ring substituents is 1. The number of ketones is 2. The lowest BCUT2D eigenvalue weighted by atomic mass is 10.1. The van der Waals surface area contributed by atoms with Gasteiger partial charge in [0.2, 0.25) is 11.7 Å². The van der Waals surface area contributed by atoms with Gasteiger partial charge in [-0.2, -0.15) is 0 Å². The molecule has 3 aromatic rings. The van der Waals surface area contributed by atoms with E-state index in [1.54, 1.807) is 12.1 Å². The smallest absolute Gasteiger partial charge is 0.338 e. The van der Waals surface area contributed by atoms with Crippen LogP contribution in [0.5, 0.6) is 0 Å². The molecule has 0 aliphatic rings. The third kappa shape index (κ3) is 8.69. The topological polar surface area (TPSA) is 159 Å². The van der Waals surface area contributed by atoms with Crippen LogP contribution in [0.3, 0.4) is 0 Å². The summed E-state index contributed by atoms with van der Waals surface area (Å²) in [6.07, 6.45) is 0.440. The number of nitrogens with one attached hydrogen (secondary N) is 1. The number of nitro groups is 1. The van der Waals surface area contributed by atoms with Gasteiger partial charge in [-0.3, -0.25) is 29.3 Å². The molecule has 0 saturated heterocycles. The van der Waals surface area contributed by atoms with Gasteiger partial charge in [-0.25, -0.2) is 4.79 Å². The van der Waals surface area contributed by atoms with Gasteiger partial charge in [0, 0.05) is 35.4 Å². The number of anilines is 1. The Balaban J connectivity index is 1.39. The summed E-state index contributed by atoms with van der Waals surface area (Å²) < 4.78 is 9.96. The number of nitrogens with zero attached hydrogens (tertiary/aromatic N) is 1. The first-order valence-electron chi connectivity index (χ1n) is 12.3. The van der Waals surface area contributed by atoms with Gasteiger partial charge in [0.1, 0.15) is 0 Å². The number of carbonyl (C=O) groups is 5. The summed E-state index contributed by atoms with van der Waals surface area (Å²) in [4.78, 5) is 70.9. The van der Waals surface area contributed by atoms with Crippen molar-refractivity contribution in [3.05, 3.63) is 105 Å². The average molecular weight is 547 g/mol. The fourth-order valence-corrected chi connectivity index (χ4v) is 3.45. The molecule has 11 nitrogen and oxygen atoms in total. The van der Waals surface area contributed by atoms with Crippen molar-refractivity contribution in [3.63, 3.8) is 0 Å². The fourth-order valence-electron chi connectivity index (χ4n) is 3.45. The van der Waals surface area contributed by atoms with Crippen LogP contribution >= 0.6 is 0 Å². The highest BCUT2D eigenvalue weighted by Gasteiger charge is 2.16. The quantitative estimate of drug-likeness (QED) is 0.142. The van der Waals surface area contributed by atoms with Crippen LogP contribution in [0.4, 0.5) is 11.4 Å². The Bertz CT molecular complexity index is 1410. The lowest BCUT2D eigenvalue weighted by molar-refractivity contribution is -0.384. The molecule has 3 rings (SSSR count). The molecule has 11 heteroatoms. The van der Waals surface area contributed by atoms with Crippen molar-refractivity contribution >= 4 is 40.8 Å². The van der Waals surface area contributed by atoms with Gasteiger partial charge in [-0.05, 0) is 36.2 Å². The maximum Gasteiger partial charge on any atom is 0.338 e. The van der Waals surface area contributed by atoms with E-state index in [1.165, 1.54) is 42.5 Å². The third-order valence-corrected chi connectivity index (χ3v) is 5.72. The molecule has 0 bridgehead atoms. The van der Waals surface area contributed by atoms with E-state index in [-0.39, 0.29) is 35.4 Å². The fraction of sp³-hybridized carbons (Fsp3) is 0.207. The normalized spacial score (nSPS) is 10.3.